The zero-order valence-corrected chi connectivity index (χ0v) is 10.4. The van der Waals surface area contributed by atoms with Crippen LogP contribution in [0.1, 0.15) is 23.7 Å². The zero-order valence-electron chi connectivity index (χ0n) is 10.4. The van der Waals surface area contributed by atoms with E-state index in [1.54, 1.807) is 31.2 Å². The van der Waals surface area contributed by atoms with Gasteiger partial charge in [0.2, 0.25) is 0 Å². The molecule has 0 aliphatic heterocycles. The van der Waals surface area contributed by atoms with Gasteiger partial charge >= 0.3 is 5.97 Å². The number of carbonyl (C=O) groups excluding carboxylic acids is 2. The van der Waals surface area contributed by atoms with Gasteiger partial charge in [-0.25, -0.2) is 0 Å². The highest BCUT2D eigenvalue weighted by atomic mass is 16.5. The minimum absolute atomic E-state index is 0.145. The third-order valence-electron chi connectivity index (χ3n) is 2.25. The van der Waals surface area contributed by atoms with Gasteiger partial charge in [0.05, 0.1) is 6.42 Å². The summed E-state index contributed by atoms with van der Waals surface area (Å²) in [5.74, 6) is -0.546. The van der Waals surface area contributed by atoms with Crippen LogP contribution in [0.3, 0.4) is 0 Å². The van der Waals surface area contributed by atoms with Gasteiger partial charge in [0.25, 0.3) is 5.91 Å². The van der Waals surface area contributed by atoms with Gasteiger partial charge < -0.3 is 10.1 Å². The molecule has 4 nitrogen and oxygen atoms in total. The van der Waals surface area contributed by atoms with Crippen molar-refractivity contribution in [3.05, 3.63) is 48.6 Å². The van der Waals surface area contributed by atoms with Gasteiger partial charge in [0, 0.05) is 11.6 Å². The Kier molecular flexibility index (Phi) is 5.64. The van der Waals surface area contributed by atoms with Gasteiger partial charge in [-0.1, -0.05) is 30.9 Å². The number of nitrogens with one attached hydrogen (secondary N) is 1. The number of esters is 1. The van der Waals surface area contributed by atoms with Crippen molar-refractivity contribution in [3.8, 4) is 0 Å². The SMILES string of the molecule is C=CCOC(=O)CC(C)NC(=O)c1ccccc1. The molecule has 18 heavy (non-hydrogen) atoms. The average Bonchev–Trinajstić information content (AvgIpc) is 2.37. The lowest BCUT2D eigenvalue weighted by molar-refractivity contribution is -0.142. The lowest BCUT2D eigenvalue weighted by Crippen LogP contribution is -2.34. The summed E-state index contributed by atoms with van der Waals surface area (Å²) >= 11 is 0. The first-order valence-electron chi connectivity index (χ1n) is 5.76. The largest absolute Gasteiger partial charge is 0.461 e. The zero-order chi connectivity index (χ0) is 13.4. The van der Waals surface area contributed by atoms with Crippen LogP contribution in [-0.2, 0) is 9.53 Å². The Bertz CT molecular complexity index is 414. The van der Waals surface area contributed by atoms with E-state index in [1.807, 2.05) is 6.07 Å². The first-order valence-corrected chi connectivity index (χ1v) is 5.76. The normalized spacial score (nSPS) is 11.4. The lowest BCUT2D eigenvalue weighted by Gasteiger charge is -2.13. The molecule has 0 fully saturated rings. The summed E-state index contributed by atoms with van der Waals surface area (Å²) in [5, 5.41) is 2.74. The van der Waals surface area contributed by atoms with Crippen molar-refractivity contribution in [1.82, 2.24) is 5.32 Å². The number of carbonyl (C=O) groups is 2. The second-order valence-electron chi connectivity index (χ2n) is 3.92. The van der Waals surface area contributed by atoms with Crippen molar-refractivity contribution >= 4 is 11.9 Å². The van der Waals surface area contributed by atoms with Gasteiger partial charge in [-0.2, -0.15) is 0 Å². The van der Waals surface area contributed by atoms with Crippen molar-refractivity contribution < 1.29 is 14.3 Å². The molecular formula is C14H17NO3. The third kappa shape index (κ3) is 4.82. The molecule has 0 aromatic heterocycles. The minimum atomic E-state index is -0.351. The molecule has 1 aromatic carbocycles. The van der Waals surface area contributed by atoms with Crippen LogP contribution in [0, 0.1) is 0 Å². The number of ether oxygens (including phenoxy) is 1. The van der Waals surface area contributed by atoms with Crippen molar-refractivity contribution in [2.45, 2.75) is 19.4 Å². The van der Waals surface area contributed by atoms with Crippen molar-refractivity contribution in [3.63, 3.8) is 0 Å². The summed E-state index contributed by atoms with van der Waals surface area (Å²) in [6.07, 6.45) is 1.65. The average molecular weight is 247 g/mol. The Morgan fingerprint density at radius 3 is 2.67 bits per heavy atom. The van der Waals surface area contributed by atoms with Gasteiger partial charge in [-0.15, -0.1) is 0 Å². The van der Waals surface area contributed by atoms with Crippen molar-refractivity contribution in [2.75, 3.05) is 6.61 Å². The standard InChI is InChI=1S/C14H17NO3/c1-3-9-18-13(16)10-11(2)15-14(17)12-7-5-4-6-8-12/h3-8,11H,1,9-10H2,2H3,(H,15,17). The summed E-state index contributed by atoms with van der Waals surface area (Å²) in [4.78, 5) is 23.1. The van der Waals surface area contributed by atoms with Gasteiger partial charge in [0.15, 0.2) is 0 Å². The quantitative estimate of drug-likeness (QED) is 0.617. The molecule has 96 valence electrons. The molecule has 0 aliphatic carbocycles. The molecule has 0 saturated heterocycles. The summed E-state index contributed by atoms with van der Waals surface area (Å²) in [7, 11) is 0. The van der Waals surface area contributed by atoms with E-state index in [9.17, 15) is 9.59 Å². The van der Waals surface area contributed by atoms with Gasteiger partial charge in [0.1, 0.15) is 6.61 Å². The van der Waals surface area contributed by atoms with Crippen LogP contribution in [0.25, 0.3) is 0 Å². The second kappa shape index (κ2) is 7.27. The molecule has 1 aromatic rings. The molecule has 1 unspecified atom stereocenters. The van der Waals surface area contributed by atoms with Crippen LogP contribution in [0.4, 0.5) is 0 Å². The first kappa shape index (κ1) is 14.0. The molecule has 0 radical (unpaired) electrons. The number of amides is 1. The van der Waals surface area contributed by atoms with Crippen LogP contribution in [0.15, 0.2) is 43.0 Å². The molecule has 1 N–H and O–H groups in total. The van der Waals surface area contributed by atoms with E-state index >= 15 is 0 Å². The Balaban J connectivity index is 2.40. The van der Waals surface area contributed by atoms with Crippen LogP contribution in [-0.4, -0.2) is 24.5 Å². The molecule has 0 heterocycles. The van der Waals surface area contributed by atoms with E-state index < -0.39 is 0 Å². The van der Waals surface area contributed by atoms with E-state index in [4.69, 9.17) is 4.74 Å². The van der Waals surface area contributed by atoms with Gasteiger partial charge in [-0.05, 0) is 19.1 Å². The topological polar surface area (TPSA) is 55.4 Å². The van der Waals surface area contributed by atoms with E-state index in [1.165, 1.54) is 6.08 Å². The van der Waals surface area contributed by atoms with Gasteiger partial charge in [-0.3, -0.25) is 9.59 Å². The third-order valence-corrected chi connectivity index (χ3v) is 2.25. The Morgan fingerprint density at radius 2 is 2.06 bits per heavy atom. The number of rotatable bonds is 6. The van der Waals surface area contributed by atoms with E-state index in [0.29, 0.717) is 5.56 Å². The van der Waals surface area contributed by atoms with E-state index in [-0.39, 0.29) is 30.9 Å². The fourth-order valence-corrected chi connectivity index (χ4v) is 1.41. The van der Waals surface area contributed by atoms with Crippen LogP contribution in [0.2, 0.25) is 0 Å². The van der Waals surface area contributed by atoms with Crippen molar-refractivity contribution in [2.24, 2.45) is 0 Å². The fraction of sp³-hybridized carbons (Fsp3) is 0.286. The number of hydrogen-bond donors (Lipinski definition) is 1. The smallest absolute Gasteiger partial charge is 0.308 e. The Hall–Kier alpha value is -2.10. The number of hydrogen-bond acceptors (Lipinski definition) is 3. The molecule has 0 spiro atoms. The summed E-state index contributed by atoms with van der Waals surface area (Å²) in [6, 6.07) is 8.59. The maximum absolute atomic E-state index is 11.8. The van der Waals surface area contributed by atoms with Crippen LogP contribution < -0.4 is 5.32 Å². The van der Waals surface area contributed by atoms with Crippen LogP contribution in [0.5, 0.6) is 0 Å². The lowest BCUT2D eigenvalue weighted by atomic mass is 10.2. The second-order valence-corrected chi connectivity index (χ2v) is 3.92. The predicted octanol–water partition coefficient (Wildman–Crippen LogP) is 1.92. The minimum Gasteiger partial charge on any atom is -0.461 e. The molecule has 1 rings (SSSR count). The molecular weight excluding hydrogens is 230 g/mol. The summed E-state index contributed by atoms with van der Waals surface area (Å²) < 4.78 is 4.84. The first-order chi connectivity index (χ1) is 8.63. The van der Waals surface area contributed by atoms with E-state index in [0.717, 1.165) is 0 Å². The fourth-order valence-electron chi connectivity index (χ4n) is 1.41. The Labute approximate surface area is 107 Å². The highest BCUT2D eigenvalue weighted by Gasteiger charge is 2.13. The molecule has 1 atom stereocenters. The molecule has 4 heteroatoms. The highest BCUT2D eigenvalue weighted by Crippen LogP contribution is 2.01. The van der Waals surface area contributed by atoms with E-state index in [2.05, 4.69) is 11.9 Å². The van der Waals surface area contributed by atoms with Crippen LogP contribution >= 0.6 is 0 Å². The monoisotopic (exact) mass is 247 g/mol. The maximum atomic E-state index is 11.8. The summed E-state index contributed by atoms with van der Waals surface area (Å²) in [6.45, 7) is 5.41. The molecule has 0 bridgehead atoms. The predicted molar refractivity (Wildman–Crippen MR) is 69.1 cm³/mol. The summed E-state index contributed by atoms with van der Waals surface area (Å²) in [5.41, 5.74) is 0.573. The number of benzene rings is 1. The molecule has 1 amide bonds. The maximum Gasteiger partial charge on any atom is 0.308 e. The molecule has 0 saturated carbocycles. The van der Waals surface area contributed by atoms with Crippen molar-refractivity contribution in [1.29, 1.82) is 0 Å². The highest BCUT2D eigenvalue weighted by molar-refractivity contribution is 5.94. The molecule has 0 aliphatic rings. The Morgan fingerprint density at radius 1 is 1.39 bits per heavy atom.